The van der Waals surface area contributed by atoms with Crippen LogP contribution in [0.15, 0.2) is 4.99 Å². The molecule has 1 N–H and O–H groups in total. The van der Waals surface area contributed by atoms with Gasteiger partial charge in [-0.2, -0.15) is 0 Å². The van der Waals surface area contributed by atoms with Gasteiger partial charge in [0, 0.05) is 38.5 Å². The predicted molar refractivity (Wildman–Crippen MR) is 115 cm³/mol. The Morgan fingerprint density at radius 1 is 0.963 bits per heavy atom. The fourth-order valence-corrected chi connectivity index (χ4v) is 3.39. The van der Waals surface area contributed by atoms with Crippen molar-refractivity contribution in [1.29, 1.82) is 0 Å². The molecule has 1 amide bonds. The van der Waals surface area contributed by atoms with E-state index in [0.29, 0.717) is 6.42 Å². The maximum Gasteiger partial charge on any atom is 0.228 e. The van der Waals surface area contributed by atoms with E-state index in [2.05, 4.69) is 17.2 Å². The highest BCUT2D eigenvalue weighted by Crippen LogP contribution is 2.10. The van der Waals surface area contributed by atoms with Crippen LogP contribution in [0.4, 0.5) is 0 Å². The molecule has 5 nitrogen and oxygen atoms in total. The Balaban J connectivity index is 1.79. The van der Waals surface area contributed by atoms with Crippen LogP contribution in [0.3, 0.4) is 0 Å². The highest BCUT2D eigenvalue weighted by Gasteiger charge is 2.16. The molecule has 0 atom stereocenters. The second-order valence-electron chi connectivity index (χ2n) is 7.72. The van der Waals surface area contributed by atoms with Gasteiger partial charge in [0.25, 0.3) is 0 Å². The molecule has 0 saturated heterocycles. The Labute approximate surface area is 167 Å². The van der Waals surface area contributed by atoms with Crippen LogP contribution in [0.25, 0.3) is 0 Å². The number of amides is 1. The molecule has 27 heavy (non-hydrogen) atoms. The summed E-state index contributed by atoms with van der Waals surface area (Å²) in [6.45, 7) is 9.76. The van der Waals surface area contributed by atoms with Crippen LogP contribution in [0, 0.1) is 0 Å². The molecule has 1 aliphatic heterocycles. The number of nitrogens with one attached hydrogen (secondary N) is 1. The quantitative estimate of drug-likeness (QED) is 0.384. The molecule has 0 spiro atoms. The second kappa shape index (κ2) is 17.2. The number of carbonyl (C=O) groups is 1. The van der Waals surface area contributed by atoms with Crippen molar-refractivity contribution < 1.29 is 9.53 Å². The van der Waals surface area contributed by atoms with Gasteiger partial charge in [0.1, 0.15) is 0 Å². The van der Waals surface area contributed by atoms with Crippen molar-refractivity contribution in [3.8, 4) is 0 Å². The number of ether oxygens (including phenoxy) is 1. The average molecular weight is 382 g/mol. The first-order chi connectivity index (χ1) is 13.2. The summed E-state index contributed by atoms with van der Waals surface area (Å²) in [6.07, 6.45) is 14.1. The van der Waals surface area contributed by atoms with Crippen LogP contribution < -0.4 is 5.32 Å². The van der Waals surface area contributed by atoms with E-state index in [-0.39, 0.29) is 5.91 Å². The molecule has 1 rings (SSSR count). The van der Waals surface area contributed by atoms with E-state index in [4.69, 9.17) is 4.74 Å². The SMILES string of the molecule is CCCCCCCCCCCCOCCNCCN1CCN=C(C)CC1=O. The summed E-state index contributed by atoms with van der Waals surface area (Å²) in [4.78, 5) is 18.3. The topological polar surface area (TPSA) is 53.9 Å². The Kier molecular flexibility index (Phi) is 15.3. The molecule has 0 unspecified atom stereocenters. The molecular weight excluding hydrogens is 338 g/mol. The highest BCUT2D eigenvalue weighted by molar-refractivity contribution is 6.00. The van der Waals surface area contributed by atoms with Crippen LogP contribution >= 0.6 is 0 Å². The molecule has 0 radical (unpaired) electrons. The summed E-state index contributed by atoms with van der Waals surface area (Å²) in [5, 5.41) is 3.37. The van der Waals surface area contributed by atoms with E-state index in [1.54, 1.807) is 0 Å². The second-order valence-corrected chi connectivity index (χ2v) is 7.72. The van der Waals surface area contributed by atoms with Crippen LogP contribution in [-0.4, -0.2) is 62.5 Å². The highest BCUT2D eigenvalue weighted by atomic mass is 16.5. The van der Waals surface area contributed by atoms with Gasteiger partial charge in [-0.3, -0.25) is 9.79 Å². The van der Waals surface area contributed by atoms with Crippen molar-refractivity contribution in [2.24, 2.45) is 4.99 Å². The summed E-state index contributed by atoms with van der Waals surface area (Å²) < 4.78 is 5.69. The normalized spacial score (nSPS) is 15.1. The first kappa shape index (κ1) is 24.1. The number of nitrogens with zero attached hydrogens (tertiary/aromatic N) is 2. The van der Waals surface area contributed by atoms with E-state index in [9.17, 15) is 4.79 Å². The standard InChI is InChI=1S/C22H43N3O2/c1-3-4-5-6-7-8-9-10-11-12-18-27-19-15-23-13-16-25-17-14-24-21(2)20-22(25)26/h23H,3-20H2,1-2H3. The number of hydrogen-bond donors (Lipinski definition) is 1. The number of rotatable bonds is 17. The van der Waals surface area contributed by atoms with Gasteiger partial charge in [0.05, 0.1) is 19.6 Å². The van der Waals surface area contributed by atoms with Gasteiger partial charge in [0.15, 0.2) is 0 Å². The lowest BCUT2D eigenvalue weighted by atomic mass is 10.1. The van der Waals surface area contributed by atoms with Crippen molar-refractivity contribution >= 4 is 11.6 Å². The molecule has 0 aromatic heterocycles. The minimum Gasteiger partial charge on any atom is -0.380 e. The van der Waals surface area contributed by atoms with Gasteiger partial charge in [-0.25, -0.2) is 0 Å². The Bertz CT molecular complexity index is 399. The lowest BCUT2D eigenvalue weighted by Gasteiger charge is -2.20. The lowest BCUT2D eigenvalue weighted by Crippen LogP contribution is -2.38. The average Bonchev–Trinajstić information content (AvgIpc) is 2.81. The largest absolute Gasteiger partial charge is 0.380 e. The molecule has 1 heterocycles. The third-order valence-corrected chi connectivity index (χ3v) is 5.14. The maximum absolute atomic E-state index is 12.0. The smallest absolute Gasteiger partial charge is 0.228 e. The fraction of sp³-hybridized carbons (Fsp3) is 0.909. The number of hydrogen-bond acceptors (Lipinski definition) is 4. The molecule has 0 aromatic carbocycles. The summed E-state index contributed by atoms with van der Waals surface area (Å²) in [5.74, 6) is 0.202. The summed E-state index contributed by atoms with van der Waals surface area (Å²) in [5.41, 5.74) is 0.954. The van der Waals surface area contributed by atoms with Crippen molar-refractivity contribution in [3.05, 3.63) is 0 Å². The van der Waals surface area contributed by atoms with E-state index < -0.39 is 0 Å². The minimum atomic E-state index is 0.202. The van der Waals surface area contributed by atoms with Crippen LogP contribution in [0.1, 0.15) is 84.5 Å². The Morgan fingerprint density at radius 2 is 1.63 bits per heavy atom. The number of aliphatic imine (C=N–C) groups is 1. The molecule has 158 valence electrons. The zero-order valence-electron chi connectivity index (χ0n) is 17.9. The van der Waals surface area contributed by atoms with Gasteiger partial charge >= 0.3 is 0 Å². The van der Waals surface area contributed by atoms with Crippen molar-refractivity contribution in [2.45, 2.75) is 84.5 Å². The van der Waals surface area contributed by atoms with Gasteiger partial charge in [-0.05, 0) is 13.3 Å². The van der Waals surface area contributed by atoms with Gasteiger partial charge in [0.2, 0.25) is 5.91 Å². The monoisotopic (exact) mass is 381 g/mol. The van der Waals surface area contributed by atoms with Crippen LogP contribution in [0.5, 0.6) is 0 Å². The maximum atomic E-state index is 12.0. The van der Waals surface area contributed by atoms with E-state index in [1.165, 1.54) is 64.2 Å². The zero-order valence-corrected chi connectivity index (χ0v) is 17.9. The summed E-state index contributed by atoms with van der Waals surface area (Å²) in [7, 11) is 0. The van der Waals surface area contributed by atoms with Gasteiger partial charge in [-0.1, -0.05) is 64.7 Å². The fourth-order valence-electron chi connectivity index (χ4n) is 3.39. The molecule has 0 aliphatic carbocycles. The molecule has 0 aromatic rings. The van der Waals surface area contributed by atoms with Crippen molar-refractivity contribution in [3.63, 3.8) is 0 Å². The third kappa shape index (κ3) is 13.8. The number of unbranched alkanes of at least 4 members (excludes halogenated alkanes) is 9. The molecule has 0 saturated carbocycles. The first-order valence-corrected chi connectivity index (χ1v) is 11.3. The lowest BCUT2D eigenvalue weighted by molar-refractivity contribution is -0.129. The molecule has 5 heteroatoms. The molecule has 1 aliphatic rings. The summed E-state index contributed by atoms with van der Waals surface area (Å²) >= 11 is 0. The Hall–Kier alpha value is -0.940. The number of carbonyl (C=O) groups excluding carboxylic acids is 1. The Morgan fingerprint density at radius 3 is 2.33 bits per heavy atom. The van der Waals surface area contributed by atoms with Crippen molar-refractivity contribution in [1.82, 2.24) is 10.2 Å². The van der Waals surface area contributed by atoms with Gasteiger partial charge < -0.3 is 15.0 Å². The first-order valence-electron chi connectivity index (χ1n) is 11.3. The molecule has 0 fully saturated rings. The molecular formula is C22H43N3O2. The van der Waals surface area contributed by atoms with E-state index in [1.807, 2.05) is 11.8 Å². The minimum absolute atomic E-state index is 0.202. The van der Waals surface area contributed by atoms with Gasteiger partial charge in [-0.15, -0.1) is 0 Å². The molecule has 0 bridgehead atoms. The zero-order chi connectivity index (χ0) is 19.6. The third-order valence-electron chi connectivity index (χ3n) is 5.14. The predicted octanol–water partition coefficient (Wildman–Crippen LogP) is 4.21. The van der Waals surface area contributed by atoms with Crippen LogP contribution in [0.2, 0.25) is 0 Å². The van der Waals surface area contributed by atoms with Crippen molar-refractivity contribution in [2.75, 3.05) is 45.9 Å². The van der Waals surface area contributed by atoms with E-state index in [0.717, 1.165) is 51.6 Å². The van der Waals surface area contributed by atoms with Crippen LogP contribution in [-0.2, 0) is 9.53 Å². The van der Waals surface area contributed by atoms with E-state index >= 15 is 0 Å². The summed E-state index contributed by atoms with van der Waals surface area (Å²) in [6, 6.07) is 0.